The molecule has 0 aliphatic carbocycles. The third-order valence-corrected chi connectivity index (χ3v) is 2.61. The molecular weight excluding hydrogens is 164 g/mol. The molecule has 0 spiro atoms. The number of nitrogens with zero attached hydrogens (tertiary/aromatic N) is 1. The van der Waals surface area contributed by atoms with Crippen molar-refractivity contribution in [2.24, 2.45) is 11.8 Å². The highest BCUT2D eigenvalue weighted by molar-refractivity contribution is 5.77. The number of carbonyl (C=O) groups is 1. The van der Waals surface area contributed by atoms with Crippen molar-refractivity contribution in [1.29, 1.82) is 0 Å². The van der Waals surface area contributed by atoms with E-state index >= 15 is 0 Å². The molecule has 0 aromatic rings. The van der Waals surface area contributed by atoms with Gasteiger partial charge in [0.05, 0.1) is 0 Å². The summed E-state index contributed by atoms with van der Waals surface area (Å²) >= 11 is 0. The zero-order valence-corrected chi connectivity index (χ0v) is 8.84. The molecule has 1 saturated heterocycles. The minimum atomic E-state index is 0.129. The van der Waals surface area contributed by atoms with E-state index in [1.807, 2.05) is 25.8 Å². The summed E-state index contributed by atoms with van der Waals surface area (Å²) in [7, 11) is 1.90. The molecule has 1 aliphatic rings. The van der Waals surface area contributed by atoms with Crippen LogP contribution in [0.4, 0.5) is 0 Å². The highest BCUT2D eigenvalue weighted by Gasteiger charge is 2.19. The first-order valence-electron chi connectivity index (χ1n) is 5.07. The second kappa shape index (κ2) is 4.61. The Labute approximate surface area is 80.5 Å². The summed E-state index contributed by atoms with van der Waals surface area (Å²) in [6, 6.07) is 0. The minimum Gasteiger partial charge on any atom is -0.346 e. The summed E-state index contributed by atoms with van der Waals surface area (Å²) in [6.07, 6.45) is 1.14. The molecule has 3 heteroatoms. The molecule has 3 nitrogen and oxygen atoms in total. The lowest BCUT2D eigenvalue weighted by molar-refractivity contribution is -0.133. The van der Waals surface area contributed by atoms with Gasteiger partial charge in [0.1, 0.15) is 0 Å². The van der Waals surface area contributed by atoms with Gasteiger partial charge in [-0.3, -0.25) is 4.79 Å². The van der Waals surface area contributed by atoms with Gasteiger partial charge in [-0.1, -0.05) is 13.8 Å². The maximum Gasteiger partial charge on any atom is 0.224 e. The van der Waals surface area contributed by atoms with Crippen molar-refractivity contribution in [2.75, 3.05) is 26.7 Å². The highest BCUT2D eigenvalue weighted by atomic mass is 16.2. The molecule has 1 N–H and O–H groups in total. The van der Waals surface area contributed by atoms with Gasteiger partial charge in [0.2, 0.25) is 5.91 Å². The van der Waals surface area contributed by atoms with Crippen LogP contribution in [-0.2, 0) is 4.79 Å². The largest absolute Gasteiger partial charge is 0.346 e. The van der Waals surface area contributed by atoms with Gasteiger partial charge in [-0.25, -0.2) is 0 Å². The van der Waals surface area contributed by atoms with E-state index in [1.165, 1.54) is 0 Å². The zero-order chi connectivity index (χ0) is 9.84. The van der Waals surface area contributed by atoms with Gasteiger partial charge in [0.15, 0.2) is 0 Å². The summed E-state index contributed by atoms with van der Waals surface area (Å²) in [6.45, 7) is 7.06. The van der Waals surface area contributed by atoms with Crippen LogP contribution in [0.1, 0.15) is 20.3 Å². The zero-order valence-electron chi connectivity index (χ0n) is 8.84. The fraction of sp³-hybridized carbons (Fsp3) is 0.900. The second-order valence-electron chi connectivity index (χ2n) is 4.23. The van der Waals surface area contributed by atoms with Crippen LogP contribution >= 0.6 is 0 Å². The van der Waals surface area contributed by atoms with Gasteiger partial charge in [0, 0.05) is 19.5 Å². The van der Waals surface area contributed by atoms with Gasteiger partial charge in [-0.05, 0) is 25.4 Å². The van der Waals surface area contributed by atoms with Crippen LogP contribution in [0, 0.1) is 11.8 Å². The Morgan fingerprint density at radius 3 is 2.54 bits per heavy atom. The van der Waals surface area contributed by atoms with Gasteiger partial charge in [-0.2, -0.15) is 0 Å². The average Bonchev–Trinajstić information content (AvgIpc) is 1.99. The maximum atomic E-state index is 11.5. The molecule has 13 heavy (non-hydrogen) atoms. The number of nitrogens with one attached hydrogen (secondary N) is 1. The molecule has 1 heterocycles. The molecule has 0 atom stereocenters. The molecule has 0 saturated carbocycles. The van der Waals surface area contributed by atoms with E-state index < -0.39 is 0 Å². The lowest BCUT2D eigenvalue weighted by atomic mass is 9.99. The summed E-state index contributed by atoms with van der Waals surface area (Å²) in [5.41, 5.74) is 0. The summed E-state index contributed by atoms with van der Waals surface area (Å²) < 4.78 is 0. The normalized spacial score (nSPS) is 17.2. The van der Waals surface area contributed by atoms with Gasteiger partial charge in [-0.15, -0.1) is 0 Å². The molecular formula is C10H20N2O. The quantitative estimate of drug-likeness (QED) is 0.698. The van der Waals surface area contributed by atoms with Gasteiger partial charge >= 0.3 is 0 Å². The van der Waals surface area contributed by atoms with E-state index in [2.05, 4.69) is 5.32 Å². The third-order valence-electron chi connectivity index (χ3n) is 2.61. The lowest BCUT2D eigenvalue weighted by Gasteiger charge is -2.29. The van der Waals surface area contributed by atoms with Crippen LogP contribution in [0.25, 0.3) is 0 Å². The van der Waals surface area contributed by atoms with E-state index in [9.17, 15) is 4.79 Å². The van der Waals surface area contributed by atoms with Crippen LogP contribution in [-0.4, -0.2) is 37.5 Å². The first-order valence-corrected chi connectivity index (χ1v) is 5.07. The maximum absolute atomic E-state index is 11.5. The van der Waals surface area contributed by atoms with Gasteiger partial charge < -0.3 is 10.2 Å². The second-order valence-corrected chi connectivity index (χ2v) is 4.23. The Hall–Kier alpha value is -0.570. The molecule has 0 aromatic heterocycles. The highest BCUT2D eigenvalue weighted by Crippen LogP contribution is 2.09. The lowest BCUT2D eigenvalue weighted by Crippen LogP contribution is -2.44. The predicted octanol–water partition coefficient (Wildman–Crippen LogP) is 0.710. The van der Waals surface area contributed by atoms with Crippen molar-refractivity contribution < 1.29 is 4.79 Å². The number of rotatable bonds is 4. The molecule has 1 rings (SSSR count). The standard InChI is InChI=1S/C10H20N2O/c1-8(2)10(13)12(3)5-4-9-6-11-7-9/h8-9,11H,4-7H2,1-3H3. The van der Waals surface area contributed by atoms with E-state index in [0.29, 0.717) is 0 Å². The van der Waals surface area contributed by atoms with Crippen LogP contribution in [0.2, 0.25) is 0 Å². The van der Waals surface area contributed by atoms with Crippen molar-refractivity contribution in [2.45, 2.75) is 20.3 Å². The first-order chi connectivity index (χ1) is 6.11. The Kier molecular flexibility index (Phi) is 3.72. The topological polar surface area (TPSA) is 32.3 Å². The van der Waals surface area contributed by atoms with Crippen molar-refractivity contribution in [1.82, 2.24) is 10.2 Å². The van der Waals surface area contributed by atoms with Gasteiger partial charge in [0.25, 0.3) is 0 Å². The van der Waals surface area contributed by atoms with Crippen LogP contribution < -0.4 is 5.32 Å². The molecule has 0 bridgehead atoms. The number of hydrogen-bond donors (Lipinski definition) is 1. The van der Waals surface area contributed by atoms with Crippen molar-refractivity contribution in [3.63, 3.8) is 0 Å². The van der Waals surface area contributed by atoms with Crippen LogP contribution in [0.3, 0.4) is 0 Å². The Morgan fingerprint density at radius 1 is 1.54 bits per heavy atom. The molecule has 76 valence electrons. The van der Waals surface area contributed by atoms with Crippen molar-refractivity contribution >= 4 is 5.91 Å². The molecule has 0 unspecified atom stereocenters. The monoisotopic (exact) mass is 184 g/mol. The predicted molar refractivity (Wildman–Crippen MR) is 53.5 cm³/mol. The summed E-state index contributed by atoms with van der Waals surface area (Å²) in [5.74, 6) is 1.18. The van der Waals surface area contributed by atoms with Crippen molar-refractivity contribution in [3.05, 3.63) is 0 Å². The fourth-order valence-electron chi connectivity index (χ4n) is 1.48. The number of hydrogen-bond acceptors (Lipinski definition) is 2. The molecule has 1 aliphatic heterocycles. The molecule has 0 aromatic carbocycles. The third kappa shape index (κ3) is 2.99. The smallest absolute Gasteiger partial charge is 0.224 e. The molecule has 1 fully saturated rings. The summed E-state index contributed by atoms with van der Waals surface area (Å²) in [4.78, 5) is 13.3. The average molecular weight is 184 g/mol. The number of carbonyl (C=O) groups excluding carboxylic acids is 1. The SMILES string of the molecule is CC(C)C(=O)N(C)CCC1CNC1. The van der Waals surface area contributed by atoms with E-state index in [4.69, 9.17) is 0 Å². The van der Waals surface area contributed by atoms with Crippen LogP contribution in [0.5, 0.6) is 0 Å². The van der Waals surface area contributed by atoms with E-state index in [-0.39, 0.29) is 11.8 Å². The Morgan fingerprint density at radius 2 is 2.15 bits per heavy atom. The first kappa shape index (κ1) is 10.5. The molecule has 1 amide bonds. The minimum absolute atomic E-state index is 0.129. The fourth-order valence-corrected chi connectivity index (χ4v) is 1.48. The molecule has 0 radical (unpaired) electrons. The van der Waals surface area contributed by atoms with Crippen molar-refractivity contribution in [3.8, 4) is 0 Å². The summed E-state index contributed by atoms with van der Waals surface area (Å²) in [5, 5.41) is 3.23. The van der Waals surface area contributed by atoms with Crippen LogP contribution in [0.15, 0.2) is 0 Å². The number of amides is 1. The van der Waals surface area contributed by atoms with E-state index in [1.54, 1.807) is 0 Å². The Balaban J connectivity index is 2.15. The van der Waals surface area contributed by atoms with E-state index in [0.717, 1.165) is 32.0 Å². The Bertz CT molecular complexity index is 176.